The number of anilines is 1. The summed E-state index contributed by atoms with van der Waals surface area (Å²) >= 11 is 5.79. The van der Waals surface area contributed by atoms with Gasteiger partial charge in [-0.15, -0.1) is 0 Å². The van der Waals surface area contributed by atoms with E-state index < -0.39 is 35.9 Å². The summed E-state index contributed by atoms with van der Waals surface area (Å²) in [4.78, 5) is 49.5. The average molecular weight is 368 g/mol. The number of carboxylic acid groups (broad SMARTS) is 1. The molecule has 0 saturated carbocycles. The van der Waals surface area contributed by atoms with Gasteiger partial charge in [0.25, 0.3) is 5.91 Å². The van der Waals surface area contributed by atoms with Gasteiger partial charge in [0, 0.05) is 18.5 Å². The highest BCUT2D eigenvalue weighted by molar-refractivity contribution is 6.30. The molecule has 0 aliphatic carbocycles. The fourth-order valence-electron chi connectivity index (χ4n) is 2.39. The number of nitrogens with zero attached hydrogens (tertiary/aromatic N) is 2. The second kappa shape index (κ2) is 7.52. The zero-order chi connectivity index (χ0) is 18.7. The second-order valence-corrected chi connectivity index (χ2v) is 6.15. The zero-order valence-corrected chi connectivity index (χ0v) is 14.5. The molecular formula is C16H18ClN3O5. The Kier molecular flexibility index (Phi) is 5.63. The maximum absolute atomic E-state index is 12.4. The standard InChI is InChI=1S/C16H18ClN3O5/c1-9(15(23)24)19(2)13(21)8-7-12-14(22)20(16(25)18-12)11-5-3-10(17)4-6-11/h3-6,9,12H,7-8H2,1-2H3,(H,18,25)(H,23,24). The summed E-state index contributed by atoms with van der Waals surface area (Å²) in [5.74, 6) is -1.99. The van der Waals surface area contributed by atoms with Crippen molar-refractivity contribution in [3.8, 4) is 0 Å². The zero-order valence-electron chi connectivity index (χ0n) is 13.7. The van der Waals surface area contributed by atoms with Crippen molar-refractivity contribution < 1.29 is 24.3 Å². The molecular weight excluding hydrogens is 350 g/mol. The molecule has 9 heteroatoms. The summed E-state index contributed by atoms with van der Waals surface area (Å²) in [7, 11) is 1.39. The van der Waals surface area contributed by atoms with Crippen LogP contribution in [0.15, 0.2) is 24.3 Å². The SMILES string of the molecule is CC(C(=O)O)N(C)C(=O)CCC1NC(=O)N(c2ccc(Cl)cc2)C1=O. The quantitative estimate of drug-likeness (QED) is 0.740. The van der Waals surface area contributed by atoms with E-state index >= 15 is 0 Å². The van der Waals surface area contributed by atoms with Gasteiger partial charge in [0.2, 0.25) is 5.91 Å². The van der Waals surface area contributed by atoms with Crippen LogP contribution in [0.2, 0.25) is 5.02 Å². The van der Waals surface area contributed by atoms with Gasteiger partial charge in [-0.2, -0.15) is 0 Å². The lowest BCUT2D eigenvalue weighted by atomic mass is 10.1. The average Bonchev–Trinajstić information content (AvgIpc) is 2.86. The van der Waals surface area contributed by atoms with Crippen LogP contribution in [-0.4, -0.2) is 53.0 Å². The Bertz CT molecular complexity index is 706. The van der Waals surface area contributed by atoms with Crippen molar-refractivity contribution >= 4 is 41.1 Å². The number of likely N-dealkylation sites (N-methyl/N-ethyl adjacent to an activating group) is 1. The van der Waals surface area contributed by atoms with E-state index in [1.807, 2.05) is 0 Å². The Morgan fingerprint density at radius 2 is 1.92 bits per heavy atom. The van der Waals surface area contributed by atoms with Crippen LogP contribution in [0.3, 0.4) is 0 Å². The van der Waals surface area contributed by atoms with E-state index in [1.54, 1.807) is 24.3 Å². The van der Waals surface area contributed by atoms with Gasteiger partial charge in [-0.1, -0.05) is 11.6 Å². The lowest BCUT2D eigenvalue weighted by Crippen LogP contribution is -2.41. The highest BCUT2D eigenvalue weighted by Crippen LogP contribution is 2.23. The number of carboxylic acids is 1. The first-order valence-electron chi connectivity index (χ1n) is 7.61. The predicted molar refractivity (Wildman–Crippen MR) is 90.4 cm³/mol. The van der Waals surface area contributed by atoms with E-state index in [2.05, 4.69) is 5.32 Å². The molecule has 2 atom stereocenters. The van der Waals surface area contributed by atoms with Crippen LogP contribution in [0.1, 0.15) is 19.8 Å². The fourth-order valence-corrected chi connectivity index (χ4v) is 2.51. The number of rotatable bonds is 6. The van der Waals surface area contributed by atoms with Crippen molar-refractivity contribution in [1.82, 2.24) is 10.2 Å². The van der Waals surface area contributed by atoms with Crippen LogP contribution in [0.5, 0.6) is 0 Å². The summed E-state index contributed by atoms with van der Waals surface area (Å²) in [6.45, 7) is 1.39. The van der Waals surface area contributed by atoms with Gasteiger partial charge in [0.15, 0.2) is 0 Å². The third-order valence-electron chi connectivity index (χ3n) is 4.08. The van der Waals surface area contributed by atoms with Gasteiger partial charge in [-0.25, -0.2) is 14.5 Å². The van der Waals surface area contributed by atoms with Crippen molar-refractivity contribution in [2.45, 2.75) is 31.8 Å². The highest BCUT2D eigenvalue weighted by atomic mass is 35.5. The Morgan fingerprint density at radius 3 is 2.48 bits per heavy atom. The molecule has 4 amide bonds. The second-order valence-electron chi connectivity index (χ2n) is 5.71. The number of hydrogen-bond donors (Lipinski definition) is 2. The number of amides is 4. The lowest BCUT2D eigenvalue weighted by molar-refractivity contribution is -0.148. The van der Waals surface area contributed by atoms with Crippen LogP contribution in [-0.2, 0) is 14.4 Å². The molecule has 1 aromatic carbocycles. The van der Waals surface area contributed by atoms with Crippen LogP contribution >= 0.6 is 11.6 Å². The topological polar surface area (TPSA) is 107 Å². The van der Waals surface area contributed by atoms with Crippen LogP contribution < -0.4 is 10.2 Å². The molecule has 0 spiro atoms. The third-order valence-corrected chi connectivity index (χ3v) is 4.33. The molecule has 2 unspecified atom stereocenters. The smallest absolute Gasteiger partial charge is 0.329 e. The van der Waals surface area contributed by atoms with Gasteiger partial charge in [0.05, 0.1) is 5.69 Å². The molecule has 2 rings (SSSR count). The molecule has 0 radical (unpaired) electrons. The van der Waals surface area contributed by atoms with E-state index in [-0.39, 0.29) is 12.8 Å². The maximum Gasteiger partial charge on any atom is 0.329 e. The van der Waals surface area contributed by atoms with Crippen molar-refractivity contribution in [2.75, 3.05) is 11.9 Å². The van der Waals surface area contributed by atoms with Gasteiger partial charge < -0.3 is 15.3 Å². The number of benzene rings is 1. The normalized spacial score (nSPS) is 18.0. The molecule has 1 fully saturated rings. The summed E-state index contributed by atoms with van der Waals surface area (Å²) in [5, 5.41) is 11.9. The molecule has 1 aliphatic heterocycles. The third kappa shape index (κ3) is 4.08. The van der Waals surface area contributed by atoms with Gasteiger partial charge >= 0.3 is 12.0 Å². The minimum Gasteiger partial charge on any atom is -0.480 e. The largest absolute Gasteiger partial charge is 0.480 e. The minimum atomic E-state index is -1.12. The molecule has 0 bridgehead atoms. The number of nitrogens with one attached hydrogen (secondary N) is 1. The van der Waals surface area contributed by atoms with Gasteiger partial charge in [0.1, 0.15) is 12.1 Å². The number of hydrogen-bond acceptors (Lipinski definition) is 4. The Balaban J connectivity index is 1.99. The van der Waals surface area contributed by atoms with Crippen LogP contribution in [0.4, 0.5) is 10.5 Å². The molecule has 1 saturated heterocycles. The van der Waals surface area contributed by atoms with Crippen LogP contribution in [0.25, 0.3) is 0 Å². The fraction of sp³-hybridized carbons (Fsp3) is 0.375. The first-order valence-corrected chi connectivity index (χ1v) is 7.98. The highest BCUT2D eigenvalue weighted by Gasteiger charge is 2.39. The minimum absolute atomic E-state index is 0.0563. The van der Waals surface area contributed by atoms with Crippen molar-refractivity contribution in [1.29, 1.82) is 0 Å². The number of imide groups is 1. The Labute approximate surface area is 149 Å². The van der Waals surface area contributed by atoms with E-state index in [0.717, 1.165) is 9.80 Å². The monoisotopic (exact) mass is 367 g/mol. The Hall–Kier alpha value is -2.61. The molecule has 1 aromatic rings. The van der Waals surface area contributed by atoms with E-state index in [9.17, 15) is 19.2 Å². The van der Waals surface area contributed by atoms with E-state index in [4.69, 9.17) is 16.7 Å². The lowest BCUT2D eigenvalue weighted by Gasteiger charge is -2.21. The number of halogens is 1. The molecule has 134 valence electrons. The van der Waals surface area contributed by atoms with Crippen LogP contribution in [0, 0.1) is 0 Å². The first kappa shape index (κ1) is 18.7. The van der Waals surface area contributed by atoms with Crippen molar-refractivity contribution in [3.63, 3.8) is 0 Å². The van der Waals surface area contributed by atoms with Crippen molar-refractivity contribution in [2.24, 2.45) is 0 Å². The molecule has 2 N–H and O–H groups in total. The Morgan fingerprint density at radius 1 is 1.32 bits per heavy atom. The summed E-state index contributed by atoms with van der Waals surface area (Å²) in [6.07, 6.45) is 0.0312. The molecule has 8 nitrogen and oxygen atoms in total. The number of aliphatic carboxylic acids is 1. The maximum atomic E-state index is 12.4. The van der Waals surface area contributed by atoms with Gasteiger partial charge in [-0.05, 0) is 37.6 Å². The molecule has 1 heterocycles. The molecule has 25 heavy (non-hydrogen) atoms. The van der Waals surface area contributed by atoms with E-state index in [1.165, 1.54) is 14.0 Å². The first-order chi connectivity index (χ1) is 11.7. The molecule has 1 aliphatic rings. The predicted octanol–water partition coefficient (Wildman–Crippen LogP) is 1.48. The van der Waals surface area contributed by atoms with E-state index in [0.29, 0.717) is 10.7 Å². The summed E-state index contributed by atoms with van der Waals surface area (Å²) in [5.41, 5.74) is 0.386. The molecule has 0 aromatic heterocycles. The number of carbonyl (C=O) groups is 4. The van der Waals surface area contributed by atoms with Crippen molar-refractivity contribution in [3.05, 3.63) is 29.3 Å². The summed E-state index contributed by atoms with van der Waals surface area (Å²) < 4.78 is 0. The summed E-state index contributed by atoms with van der Waals surface area (Å²) in [6, 6.07) is 3.86. The number of urea groups is 1. The number of carbonyl (C=O) groups excluding carboxylic acids is 3. The van der Waals surface area contributed by atoms with Gasteiger partial charge in [-0.3, -0.25) is 9.59 Å².